The predicted octanol–water partition coefficient (Wildman–Crippen LogP) is 5.19. The van der Waals surface area contributed by atoms with Crippen LogP contribution in [0.1, 0.15) is 18.1 Å². The first-order valence-electron chi connectivity index (χ1n) is 9.41. The van der Waals surface area contributed by atoms with E-state index in [1.54, 1.807) is 49.4 Å². The number of anilines is 1. The molecule has 32 heavy (non-hydrogen) atoms. The van der Waals surface area contributed by atoms with Crippen molar-refractivity contribution in [1.29, 1.82) is 0 Å². The first kappa shape index (κ1) is 23.2. The second kappa shape index (κ2) is 10.7. The van der Waals surface area contributed by atoms with Crippen LogP contribution >= 0.6 is 23.2 Å². The van der Waals surface area contributed by atoms with E-state index in [0.717, 1.165) is 0 Å². The van der Waals surface area contributed by atoms with E-state index in [1.807, 2.05) is 0 Å². The lowest BCUT2D eigenvalue weighted by Crippen LogP contribution is -2.32. The number of hydrogen-bond acceptors (Lipinski definition) is 4. The van der Waals surface area contributed by atoms with Crippen molar-refractivity contribution >= 4 is 46.4 Å². The number of halogens is 3. The third kappa shape index (κ3) is 6.29. The Balaban J connectivity index is 1.54. The second-order valence-electron chi connectivity index (χ2n) is 6.63. The molecule has 2 N–H and O–H groups in total. The highest BCUT2D eigenvalue weighted by Gasteiger charge is 2.14. The lowest BCUT2D eigenvalue weighted by molar-refractivity contribution is -0.136. The minimum absolute atomic E-state index is 0.100. The normalized spacial score (nSPS) is 11.1. The van der Waals surface area contributed by atoms with Crippen molar-refractivity contribution in [2.24, 2.45) is 5.10 Å². The number of nitrogens with one attached hydrogen (secondary N) is 2. The van der Waals surface area contributed by atoms with Gasteiger partial charge in [0.05, 0.1) is 15.8 Å². The zero-order chi connectivity index (χ0) is 23.1. The lowest BCUT2D eigenvalue weighted by Gasteiger charge is -2.08. The third-order valence-electron chi connectivity index (χ3n) is 4.33. The summed E-state index contributed by atoms with van der Waals surface area (Å²) in [6.45, 7) is 1.77. The quantitative estimate of drug-likeness (QED) is 0.293. The van der Waals surface area contributed by atoms with Crippen molar-refractivity contribution in [2.75, 3.05) is 5.32 Å². The smallest absolute Gasteiger partial charge is 0.329 e. The van der Waals surface area contributed by atoms with E-state index in [0.29, 0.717) is 33.3 Å². The zero-order valence-electron chi connectivity index (χ0n) is 16.9. The average Bonchev–Trinajstić information content (AvgIpc) is 2.79. The number of nitrogens with zero attached hydrogens (tertiary/aromatic N) is 1. The summed E-state index contributed by atoms with van der Waals surface area (Å²) in [6.07, 6.45) is 0. The summed E-state index contributed by atoms with van der Waals surface area (Å²) in [6, 6.07) is 17.7. The molecule has 3 aromatic rings. The minimum Gasteiger partial charge on any atom is -0.489 e. The van der Waals surface area contributed by atoms with Crippen LogP contribution in [-0.2, 0) is 16.2 Å². The van der Waals surface area contributed by atoms with Crippen LogP contribution in [0.3, 0.4) is 0 Å². The van der Waals surface area contributed by atoms with Gasteiger partial charge in [-0.25, -0.2) is 9.82 Å². The van der Waals surface area contributed by atoms with Crippen LogP contribution in [-0.4, -0.2) is 17.5 Å². The lowest BCUT2D eigenvalue weighted by atomic mass is 10.1. The van der Waals surface area contributed by atoms with E-state index >= 15 is 0 Å². The van der Waals surface area contributed by atoms with Gasteiger partial charge < -0.3 is 10.1 Å². The van der Waals surface area contributed by atoms with E-state index in [2.05, 4.69) is 15.8 Å². The first-order valence-corrected chi connectivity index (χ1v) is 10.2. The Hall–Kier alpha value is -3.42. The summed E-state index contributed by atoms with van der Waals surface area (Å²) in [7, 11) is 0. The Bertz CT molecular complexity index is 1170. The standard InChI is InChI=1S/C23H18Cl2FN3O3/c1-14(28-29-23(31)22(30)27-17-8-11-19(24)20(25)12-17)15-6-9-18(10-7-15)32-13-16-4-2-3-5-21(16)26/h2-12H,13H2,1H3,(H,27,30)(H,29,31). The first-order chi connectivity index (χ1) is 15.3. The van der Waals surface area contributed by atoms with Crippen LogP contribution in [0.5, 0.6) is 5.75 Å². The summed E-state index contributed by atoms with van der Waals surface area (Å²) >= 11 is 11.7. The van der Waals surface area contributed by atoms with Gasteiger partial charge in [-0.05, 0) is 61.0 Å². The molecule has 0 heterocycles. The number of hydrazone groups is 1. The topological polar surface area (TPSA) is 79.8 Å². The maximum atomic E-state index is 13.7. The summed E-state index contributed by atoms with van der Waals surface area (Å²) in [5.74, 6) is -1.63. The molecule has 0 aliphatic heterocycles. The van der Waals surface area contributed by atoms with Gasteiger partial charge in [-0.2, -0.15) is 5.10 Å². The molecule has 0 saturated carbocycles. The van der Waals surface area contributed by atoms with E-state index in [4.69, 9.17) is 27.9 Å². The van der Waals surface area contributed by atoms with Gasteiger partial charge in [0.1, 0.15) is 18.2 Å². The van der Waals surface area contributed by atoms with Crippen molar-refractivity contribution in [3.05, 3.63) is 93.7 Å². The Kier molecular flexibility index (Phi) is 7.81. The van der Waals surface area contributed by atoms with Crippen molar-refractivity contribution in [1.82, 2.24) is 5.43 Å². The van der Waals surface area contributed by atoms with Crippen molar-refractivity contribution in [3.8, 4) is 5.75 Å². The van der Waals surface area contributed by atoms with Crippen molar-refractivity contribution < 1.29 is 18.7 Å². The van der Waals surface area contributed by atoms with Crippen LogP contribution in [0.2, 0.25) is 10.0 Å². The van der Waals surface area contributed by atoms with Crippen LogP contribution in [0.25, 0.3) is 0 Å². The van der Waals surface area contributed by atoms with E-state index < -0.39 is 11.8 Å². The highest BCUT2D eigenvalue weighted by molar-refractivity contribution is 6.43. The van der Waals surface area contributed by atoms with Gasteiger partial charge in [-0.15, -0.1) is 0 Å². The number of amides is 2. The Morgan fingerprint density at radius 1 is 0.969 bits per heavy atom. The molecule has 0 bridgehead atoms. The Morgan fingerprint density at radius 3 is 2.38 bits per heavy atom. The number of carbonyl (C=O) groups is 2. The Morgan fingerprint density at radius 2 is 1.69 bits per heavy atom. The summed E-state index contributed by atoms with van der Waals surface area (Å²) < 4.78 is 19.2. The fourth-order valence-corrected chi connectivity index (χ4v) is 2.88. The van der Waals surface area contributed by atoms with Crippen LogP contribution in [0.15, 0.2) is 71.8 Å². The highest BCUT2D eigenvalue weighted by Crippen LogP contribution is 2.25. The monoisotopic (exact) mass is 473 g/mol. The van der Waals surface area contributed by atoms with Gasteiger partial charge in [0.25, 0.3) is 0 Å². The maximum absolute atomic E-state index is 13.7. The molecule has 6 nitrogen and oxygen atoms in total. The van der Waals surface area contributed by atoms with Crippen LogP contribution in [0, 0.1) is 5.82 Å². The molecule has 0 aromatic heterocycles. The van der Waals surface area contributed by atoms with Crippen molar-refractivity contribution in [3.63, 3.8) is 0 Å². The average molecular weight is 474 g/mol. The molecule has 3 rings (SSSR count). The molecular formula is C23H18Cl2FN3O3. The molecule has 0 unspecified atom stereocenters. The molecule has 0 saturated heterocycles. The number of ether oxygens (including phenoxy) is 1. The SMILES string of the molecule is CC(=NNC(=O)C(=O)Nc1ccc(Cl)c(Cl)c1)c1ccc(OCc2ccccc2F)cc1. The van der Waals surface area contributed by atoms with E-state index in [1.165, 1.54) is 24.3 Å². The number of carbonyl (C=O) groups excluding carboxylic acids is 2. The highest BCUT2D eigenvalue weighted by atomic mass is 35.5. The van der Waals surface area contributed by atoms with E-state index in [-0.39, 0.29) is 17.4 Å². The predicted molar refractivity (Wildman–Crippen MR) is 123 cm³/mol. The maximum Gasteiger partial charge on any atom is 0.329 e. The molecule has 2 amide bonds. The summed E-state index contributed by atoms with van der Waals surface area (Å²) in [5, 5.41) is 6.93. The van der Waals surface area contributed by atoms with Gasteiger partial charge in [-0.1, -0.05) is 41.4 Å². The molecule has 0 spiro atoms. The molecule has 0 aliphatic carbocycles. The second-order valence-corrected chi connectivity index (χ2v) is 7.44. The van der Waals surface area contributed by atoms with Gasteiger partial charge in [0.15, 0.2) is 0 Å². The molecular weight excluding hydrogens is 456 g/mol. The molecule has 3 aromatic carbocycles. The van der Waals surface area contributed by atoms with Gasteiger partial charge in [0.2, 0.25) is 0 Å². The number of hydrogen-bond donors (Lipinski definition) is 2. The molecule has 164 valence electrons. The van der Waals surface area contributed by atoms with Crippen molar-refractivity contribution in [2.45, 2.75) is 13.5 Å². The summed E-state index contributed by atoms with van der Waals surface area (Å²) in [5.41, 5.74) is 4.16. The van der Waals surface area contributed by atoms with E-state index in [9.17, 15) is 14.0 Å². The number of rotatable bonds is 6. The largest absolute Gasteiger partial charge is 0.489 e. The van der Waals surface area contributed by atoms with Crippen LogP contribution in [0.4, 0.5) is 10.1 Å². The van der Waals surface area contributed by atoms with Crippen LogP contribution < -0.4 is 15.5 Å². The van der Waals surface area contributed by atoms with Gasteiger partial charge in [-0.3, -0.25) is 9.59 Å². The molecule has 0 atom stereocenters. The van der Waals surface area contributed by atoms with Gasteiger partial charge >= 0.3 is 11.8 Å². The molecule has 0 radical (unpaired) electrons. The molecule has 0 aliphatic rings. The summed E-state index contributed by atoms with van der Waals surface area (Å²) in [4.78, 5) is 24.0. The fraction of sp³-hybridized carbons (Fsp3) is 0.0870. The molecule has 9 heteroatoms. The third-order valence-corrected chi connectivity index (χ3v) is 5.07. The Labute approximate surface area is 194 Å². The van der Waals surface area contributed by atoms with Gasteiger partial charge in [0, 0.05) is 11.3 Å². The zero-order valence-corrected chi connectivity index (χ0v) is 18.4. The number of benzene rings is 3. The minimum atomic E-state index is -0.944. The molecule has 0 fully saturated rings. The fourth-order valence-electron chi connectivity index (χ4n) is 2.58.